The van der Waals surface area contributed by atoms with Crippen LogP contribution in [0.5, 0.6) is 0 Å². The molecule has 0 amide bonds. The minimum atomic E-state index is -1.07. The molecule has 0 fully saturated rings. The second kappa shape index (κ2) is 7.35. The van der Waals surface area contributed by atoms with Crippen molar-refractivity contribution in [1.29, 1.82) is 0 Å². The minimum absolute atomic E-state index is 0.509. The molecule has 4 rings (SSSR count). The van der Waals surface area contributed by atoms with Gasteiger partial charge in [-0.15, -0.1) is 0 Å². The van der Waals surface area contributed by atoms with Crippen LogP contribution in [0.1, 0.15) is 0 Å². The Morgan fingerprint density at radius 2 is 2.00 bits per heavy atom. The van der Waals surface area contributed by atoms with Crippen LogP contribution in [-0.2, 0) is 18.5 Å². The predicted molar refractivity (Wildman–Crippen MR) is 119 cm³/mol. The molecule has 0 aliphatic heterocycles. The third kappa shape index (κ3) is 3.85. The Kier molecular flexibility index (Phi) is 5.03. The maximum Gasteiger partial charge on any atom is 0.160 e. The maximum absolute atomic E-state index is 6.15. The van der Waals surface area contributed by atoms with Gasteiger partial charge in [0.15, 0.2) is 5.65 Å². The van der Waals surface area contributed by atoms with E-state index in [1.54, 1.807) is 0 Å². The van der Waals surface area contributed by atoms with Gasteiger partial charge in [-0.3, -0.25) is 0 Å². The summed E-state index contributed by atoms with van der Waals surface area (Å²) in [6, 6.07) is 9.08. The zero-order valence-corrected chi connectivity index (χ0v) is 18.5. The highest BCUT2D eigenvalue weighted by Crippen LogP contribution is 2.31. The number of aromatic nitrogens is 4. The van der Waals surface area contributed by atoms with E-state index >= 15 is 0 Å². The van der Waals surface area contributed by atoms with Gasteiger partial charge in [-0.2, -0.15) is 0 Å². The Bertz CT molecular complexity index is 1140. The normalized spacial score (nSPS) is 12.3. The minimum Gasteiger partial charge on any atom is -0.361 e. The molecule has 0 unspecified atom stereocenters. The zero-order valence-electron chi connectivity index (χ0n) is 16.7. The van der Waals surface area contributed by atoms with Gasteiger partial charge in [-0.25, -0.2) is 9.97 Å². The standard InChI is InChI=1S/C21H25ClN4OSi/c1-25-13-17(16-6-5-15(22)11-20(16)25)19-12-23-21-18(24-19)7-8-26(21)14-27-9-10-28(2,3)4/h5-8,11-13H,9-10,14H2,1-4H3. The zero-order chi connectivity index (χ0) is 19.9. The van der Waals surface area contributed by atoms with E-state index < -0.39 is 8.07 Å². The molecule has 0 saturated heterocycles. The van der Waals surface area contributed by atoms with Crippen molar-refractivity contribution in [3.05, 3.63) is 47.9 Å². The van der Waals surface area contributed by atoms with Crippen LogP contribution in [0.25, 0.3) is 33.3 Å². The molecule has 7 heteroatoms. The first-order valence-corrected chi connectivity index (χ1v) is 13.5. The molecule has 5 nitrogen and oxygen atoms in total. The number of hydrogen-bond acceptors (Lipinski definition) is 3. The highest BCUT2D eigenvalue weighted by molar-refractivity contribution is 6.76. The van der Waals surface area contributed by atoms with E-state index in [1.807, 2.05) is 48.3 Å². The van der Waals surface area contributed by atoms with Crippen molar-refractivity contribution in [2.45, 2.75) is 32.4 Å². The van der Waals surface area contributed by atoms with Gasteiger partial charge < -0.3 is 13.9 Å². The van der Waals surface area contributed by atoms with Gasteiger partial charge in [0.25, 0.3) is 0 Å². The van der Waals surface area contributed by atoms with E-state index in [9.17, 15) is 0 Å². The Labute approximate surface area is 170 Å². The van der Waals surface area contributed by atoms with Gasteiger partial charge in [0.05, 0.1) is 11.9 Å². The summed E-state index contributed by atoms with van der Waals surface area (Å²) in [5, 5.41) is 1.85. The van der Waals surface area contributed by atoms with Crippen molar-refractivity contribution in [1.82, 2.24) is 19.1 Å². The molecule has 0 atom stereocenters. The fraction of sp³-hybridized carbons (Fsp3) is 0.333. The number of rotatable bonds is 6. The molecule has 1 aromatic carbocycles. The van der Waals surface area contributed by atoms with Gasteiger partial charge >= 0.3 is 0 Å². The monoisotopic (exact) mass is 412 g/mol. The van der Waals surface area contributed by atoms with Gasteiger partial charge in [0, 0.05) is 55.6 Å². The van der Waals surface area contributed by atoms with Crippen LogP contribution in [0.4, 0.5) is 0 Å². The lowest BCUT2D eigenvalue weighted by atomic mass is 10.1. The molecule has 146 valence electrons. The number of halogens is 1. The van der Waals surface area contributed by atoms with Crippen molar-refractivity contribution in [2.75, 3.05) is 6.61 Å². The summed E-state index contributed by atoms with van der Waals surface area (Å²) in [5.74, 6) is 0. The van der Waals surface area contributed by atoms with Crippen molar-refractivity contribution in [2.24, 2.45) is 7.05 Å². The Morgan fingerprint density at radius 1 is 1.18 bits per heavy atom. The third-order valence-corrected chi connectivity index (χ3v) is 6.86. The highest BCUT2D eigenvalue weighted by atomic mass is 35.5. The average molecular weight is 413 g/mol. The molecular weight excluding hydrogens is 388 g/mol. The van der Waals surface area contributed by atoms with Crippen LogP contribution < -0.4 is 0 Å². The topological polar surface area (TPSA) is 44.9 Å². The lowest BCUT2D eigenvalue weighted by Crippen LogP contribution is -2.22. The summed E-state index contributed by atoms with van der Waals surface area (Å²) < 4.78 is 9.95. The van der Waals surface area contributed by atoms with Gasteiger partial charge in [0.2, 0.25) is 0 Å². The van der Waals surface area contributed by atoms with Crippen molar-refractivity contribution >= 4 is 41.7 Å². The predicted octanol–water partition coefficient (Wildman–Crippen LogP) is 5.56. The molecule has 28 heavy (non-hydrogen) atoms. The average Bonchev–Trinajstić information content (AvgIpc) is 3.19. The van der Waals surface area contributed by atoms with Gasteiger partial charge in [-0.1, -0.05) is 37.3 Å². The second-order valence-corrected chi connectivity index (χ2v) is 14.5. The van der Waals surface area contributed by atoms with Crippen molar-refractivity contribution in [3.8, 4) is 11.3 Å². The van der Waals surface area contributed by atoms with Crippen LogP contribution in [-0.4, -0.2) is 33.8 Å². The fourth-order valence-corrected chi connectivity index (χ4v) is 4.22. The van der Waals surface area contributed by atoms with Crippen LogP contribution in [0.15, 0.2) is 42.9 Å². The van der Waals surface area contributed by atoms with E-state index in [0.717, 1.165) is 51.0 Å². The van der Waals surface area contributed by atoms with Crippen molar-refractivity contribution < 1.29 is 4.74 Å². The molecule has 0 spiro atoms. The lowest BCUT2D eigenvalue weighted by Gasteiger charge is -2.15. The van der Waals surface area contributed by atoms with E-state index in [1.165, 1.54) is 0 Å². The number of benzene rings is 1. The Morgan fingerprint density at radius 3 is 2.79 bits per heavy atom. The maximum atomic E-state index is 6.15. The summed E-state index contributed by atoms with van der Waals surface area (Å²) >= 11 is 6.15. The molecule has 0 saturated carbocycles. The molecule has 0 radical (unpaired) electrons. The lowest BCUT2D eigenvalue weighted by molar-refractivity contribution is 0.0899. The van der Waals surface area contributed by atoms with E-state index in [0.29, 0.717) is 6.73 Å². The quantitative estimate of drug-likeness (QED) is 0.308. The number of fused-ring (bicyclic) bond motifs is 2. The molecule has 3 aromatic heterocycles. The van der Waals surface area contributed by atoms with Crippen LogP contribution in [0.3, 0.4) is 0 Å². The number of nitrogens with zero attached hydrogens (tertiary/aromatic N) is 4. The van der Waals surface area contributed by atoms with E-state index in [2.05, 4.69) is 35.4 Å². The van der Waals surface area contributed by atoms with Crippen LogP contribution in [0.2, 0.25) is 30.7 Å². The van der Waals surface area contributed by atoms with E-state index in [-0.39, 0.29) is 0 Å². The van der Waals surface area contributed by atoms with E-state index in [4.69, 9.17) is 21.3 Å². The second-order valence-electron chi connectivity index (χ2n) is 8.41. The first kappa shape index (κ1) is 19.2. The van der Waals surface area contributed by atoms with Crippen LogP contribution >= 0.6 is 11.6 Å². The van der Waals surface area contributed by atoms with Crippen LogP contribution in [0, 0.1) is 0 Å². The number of hydrogen-bond donors (Lipinski definition) is 0. The summed E-state index contributed by atoms with van der Waals surface area (Å²) in [5.41, 5.74) is 4.72. The Balaban J connectivity index is 1.60. The molecular formula is C21H25ClN4OSi. The molecule has 0 bridgehead atoms. The number of ether oxygens (including phenoxy) is 1. The molecule has 4 aromatic rings. The highest BCUT2D eigenvalue weighted by Gasteiger charge is 2.14. The summed E-state index contributed by atoms with van der Waals surface area (Å²) in [7, 11) is 0.942. The third-order valence-electron chi connectivity index (χ3n) is 4.92. The van der Waals surface area contributed by atoms with Gasteiger partial charge in [0.1, 0.15) is 12.2 Å². The molecule has 0 aliphatic carbocycles. The fourth-order valence-electron chi connectivity index (χ4n) is 3.30. The SMILES string of the molecule is Cn1cc(-c2cnc3c(ccn3COCC[Si](C)(C)C)n2)c2ccc(Cl)cc21. The smallest absolute Gasteiger partial charge is 0.160 e. The number of aryl methyl sites for hydroxylation is 1. The molecule has 0 N–H and O–H groups in total. The Hall–Kier alpha value is -2.15. The summed E-state index contributed by atoms with van der Waals surface area (Å²) in [6.07, 6.45) is 5.91. The molecule has 0 aliphatic rings. The largest absolute Gasteiger partial charge is 0.361 e. The molecule has 3 heterocycles. The first-order valence-electron chi connectivity index (χ1n) is 9.46. The summed E-state index contributed by atoms with van der Waals surface area (Å²) in [6.45, 7) is 8.37. The van der Waals surface area contributed by atoms with Gasteiger partial charge in [-0.05, 0) is 24.2 Å². The summed E-state index contributed by atoms with van der Waals surface area (Å²) in [4.78, 5) is 9.51. The van der Waals surface area contributed by atoms with Crippen molar-refractivity contribution in [3.63, 3.8) is 0 Å². The first-order chi connectivity index (χ1) is 13.3.